The molecular formula is C18H28. The van der Waals surface area contributed by atoms with E-state index in [0.29, 0.717) is 0 Å². The highest BCUT2D eigenvalue weighted by Crippen LogP contribution is 2.16. The first kappa shape index (κ1) is 15.0. The van der Waals surface area contributed by atoms with Gasteiger partial charge in [0, 0.05) is 0 Å². The molecule has 0 unspecified atom stereocenters. The van der Waals surface area contributed by atoms with Crippen LogP contribution in [0, 0.1) is 0 Å². The van der Waals surface area contributed by atoms with Crippen LogP contribution in [0.15, 0.2) is 36.9 Å². The van der Waals surface area contributed by atoms with Gasteiger partial charge >= 0.3 is 0 Å². The Morgan fingerprint density at radius 1 is 0.889 bits per heavy atom. The second-order valence-corrected chi connectivity index (χ2v) is 5.11. The molecule has 0 heterocycles. The fourth-order valence-corrected chi connectivity index (χ4v) is 2.37. The summed E-state index contributed by atoms with van der Waals surface area (Å²) in [5.74, 6) is 0. The Bertz CT molecular complexity index is 325. The maximum absolute atomic E-state index is 3.77. The molecule has 0 aliphatic carbocycles. The van der Waals surface area contributed by atoms with Crippen LogP contribution in [-0.4, -0.2) is 0 Å². The number of aryl methyl sites for hydroxylation is 2. The predicted molar refractivity (Wildman–Crippen MR) is 82.0 cm³/mol. The topological polar surface area (TPSA) is 0 Å². The van der Waals surface area contributed by atoms with E-state index in [1.165, 1.54) is 57.8 Å². The van der Waals surface area contributed by atoms with Gasteiger partial charge in [-0.15, -0.1) is 6.58 Å². The minimum atomic E-state index is 1.17. The van der Waals surface area contributed by atoms with E-state index in [2.05, 4.69) is 37.8 Å². The molecule has 0 atom stereocenters. The highest BCUT2D eigenvalue weighted by molar-refractivity contribution is 5.27. The van der Waals surface area contributed by atoms with Crippen molar-refractivity contribution in [2.24, 2.45) is 0 Å². The van der Waals surface area contributed by atoms with Crippen molar-refractivity contribution in [3.8, 4) is 0 Å². The van der Waals surface area contributed by atoms with Crippen LogP contribution in [0.3, 0.4) is 0 Å². The molecule has 0 aliphatic heterocycles. The van der Waals surface area contributed by atoms with Crippen molar-refractivity contribution < 1.29 is 0 Å². The molecule has 100 valence electrons. The van der Waals surface area contributed by atoms with E-state index in [9.17, 15) is 0 Å². The molecule has 0 aliphatic rings. The highest BCUT2D eigenvalue weighted by Gasteiger charge is 2.01. The SMILES string of the molecule is C=CCCCCCCc1ccccc1CCCC. The third-order valence-corrected chi connectivity index (χ3v) is 3.52. The van der Waals surface area contributed by atoms with Gasteiger partial charge in [-0.1, -0.05) is 56.5 Å². The van der Waals surface area contributed by atoms with Crippen LogP contribution >= 0.6 is 0 Å². The van der Waals surface area contributed by atoms with Crippen LogP contribution in [0.5, 0.6) is 0 Å². The first-order chi connectivity index (χ1) is 8.88. The second kappa shape index (κ2) is 9.94. The molecule has 0 N–H and O–H groups in total. The van der Waals surface area contributed by atoms with Crippen molar-refractivity contribution in [1.29, 1.82) is 0 Å². The standard InChI is InChI=1S/C18H28/c1-3-5-7-8-9-10-14-18-16-12-11-15-17(18)13-6-4-2/h3,11-12,15-16H,1,4-10,13-14H2,2H3. The summed E-state index contributed by atoms with van der Waals surface area (Å²) >= 11 is 0. The third-order valence-electron chi connectivity index (χ3n) is 3.52. The van der Waals surface area contributed by atoms with Crippen molar-refractivity contribution >= 4 is 0 Å². The van der Waals surface area contributed by atoms with Crippen LogP contribution in [-0.2, 0) is 12.8 Å². The van der Waals surface area contributed by atoms with Gasteiger partial charge in [-0.25, -0.2) is 0 Å². The fraction of sp³-hybridized carbons (Fsp3) is 0.556. The molecule has 0 radical (unpaired) electrons. The van der Waals surface area contributed by atoms with Crippen LogP contribution in [0.2, 0.25) is 0 Å². The molecular weight excluding hydrogens is 216 g/mol. The molecule has 1 aromatic carbocycles. The van der Waals surface area contributed by atoms with E-state index in [1.807, 2.05) is 6.08 Å². The molecule has 0 amide bonds. The Labute approximate surface area is 113 Å². The molecule has 18 heavy (non-hydrogen) atoms. The lowest BCUT2D eigenvalue weighted by Gasteiger charge is -2.08. The molecule has 0 saturated carbocycles. The maximum atomic E-state index is 3.77. The van der Waals surface area contributed by atoms with Crippen LogP contribution in [0.25, 0.3) is 0 Å². The fourth-order valence-electron chi connectivity index (χ4n) is 2.37. The lowest BCUT2D eigenvalue weighted by molar-refractivity contribution is 0.643. The number of allylic oxidation sites excluding steroid dienone is 1. The van der Waals surface area contributed by atoms with Gasteiger partial charge in [-0.05, 0) is 49.7 Å². The molecule has 1 aromatic rings. The van der Waals surface area contributed by atoms with E-state index in [-0.39, 0.29) is 0 Å². The number of benzene rings is 1. The molecule has 0 spiro atoms. The molecule has 0 bridgehead atoms. The normalized spacial score (nSPS) is 10.5. The quantitative estimate of drug-likeness (QED) is 0.365. The van der Waals surface area contributed by atoms with Gasteiger partial charge in [0.25, 0.3) is 0 Å². The van der Waals surface area contributed by atoms with Gasteiger partial charge in [-0.3, -0.25) is 0 Å². The number of hydrogen-bond donors (Lipinski definition) is 0. The lowest BCUT2D eigenvalue weighted by atomic mass is 9.97. The molecule has 0 aromatic heterocycles. The van der Waals surface area contributed by atoms with Crippen LogP contribution < -0.4 is 0 Å². The Hall–Kier alpha value is -1.04. The zero-order chi connectivity index (χ0) is 13.1. The predicted octanol–water partition coefficient (Wildman–Crippen LogP) is 5.71. The Morgan fingerprint density at radius 3 is 2.11 bits per heavy atom. The van der Waals surface area contributed by atoms with Crippen LogP contribution in [0.4, 0.5) is 0 Å². The molecule has 0 heteroatoms. The van der Waals surface area contributed by atoms with E-state index in [1.54, 1.807) is 11.1 Å². The lowest BCUT2D eigenvalue weighted by Crippen LogP contribution is -1.94. The average Bonchev–Trinajstić information content (AvgIpc) is 2.41. The summed E-state index contributed by atoms with van der Waals surface area (Å²) in [5, 5.41) is 0. The maximum Gasteiger partial charge on any atom is -0.0276 e. The van der Waals surface area contributed by atoms with Crippen molar-refractivity contribution in [1.82, 2.24) is 0 Å². The summed E-state index contributed by atoms with van der Waals surface area (Å²) in [5.41, 5.74) is 3.15. The van der Waals surface area contributed by atoms with E-state index >= 15 is 0 Å². The highest BCUT2D eigenvalue weighted by atomic mass is 14.1. The van der Waals surface area contributed by atoms with Crippen LogP contribution in [0.1, 0.15) is 63.0 Å². The van der Waals surface area contributed by atoms with Gasteiger partial charge in [0.2, 0.25) is 0 Å². The number of unbranched alkanes of at least 4 members (excludes halogenated alkanes) is 5. The molecule has 0 nitrogen and oxygen atoms in total. The van der Waals surface area contributed by atoms with Gasteiger partial charge in [0.15, 0.2) is 0 Å². The van der Waals surface area contributed by atoms with Crippen molar-refractivity contribution in [2.45, 2.75) is 64.7 Å². The van der Waals surface area contributed by atoms with E-state index < -0.39 is 0 Å². The number of rotatable bonds is 10. The summed E-state index contributed by atoms with van der Waals surface area (Å²) in [6, 6.07) is 8.98. The summed E-state index contributed by atoms with van der Waals surface area (Å²) in [7, 11) is 0. The zero-order valence-electron chi connectivity index (χ0n) is 12.0. The van der Waals surface area contributed by atoms with E-state index in [4.69, 9.17) is 0 Å². The van der Waals surface area contributed by atoms with Crippen molar-refractivity contribution in [3.05, 3.63) is 48.0 Å². The van der Waals surface area contributed by atoms with Gasteiger partial charge in [0.1, 0.15) is 0 Å². The monoisotopic (exact) mass is 244 g/mol. The third kappa shape index (κ3) is 6.05. The van der Waals surface area contributed by atoms with Gasteiger partial charge in [-0.2, -0.15) is 0 Å². The summed E-state index contributed by atoms with van der Waals surface area (Å²) in [6.07, 6.45) is 13.7. The Kier molecular flexibility index (Phi) is 8.29. The minimum Gasteiger partial charge on any atom is -0.103 e. The summed E-state index contributed by atoms with van der Waals surface area (Å²) in [4.78, 5) is 0. The van der Waals surface area contributed by atoms with Crippen molar-refractivity contribution in [2.75, 3.05) is 0 Å². The van der Waals surface area contributed by atoms with Gasteiger partial charge < -0.3 is 0 Å². The average molecular weight is 244 g/mol. The first-order valence-electron chi connectivity index (χ1n) is 7.56. The summed E-state index contributed by atoms with van der Waals surface area (Å²) < 4.78 is 0. The van der Waals surface area contributed by atoms with Gasteiger partial charge in [0.05, 0.1) is 0 Å². The first-order valence-corrected chi connectivity index (χ1v) is 7.56. The molecule has 0 fully saturated rings. The van der Waals surface area contributed by atoms with Crippen molar-refractivity contribution in [3.63, 3.8) is 0 Å². The Morgan fingerprint density at radius 2 is 1.50 bits per heavy atom. The second-order valence-electron chi connectivity index (χ2n) is 5.11. The Balaban J connectivity index is 2.29. The molecule has 1 rings (SSSR count). The summed E-state index contributed by atoms with van der Waals surface area (Å²) in [6.45, 7) is 6.03. The largest absolute Gasteiger partial charge is 0.103 e. The molecule has 0 saturated heterocycles. The smallest absolute Gasteiger partial charge is 0.0276 e. The zero-order valence-corrected chi connectivity index (χ0v) is 12.0. The van der Waals surface area contributed by atoms with E-state index in [0.717, 1.165) is 0 Å². The number of hydrogen-bond acceptors (Lipinski definition) is 0. The minimum absolute atomic E-state index is 1.17.